The predicted molar refractivity (Wildman–Crippen MR) is 35.4 cm³/mol. The molecule has 0 unspecified atom stereocenters. The summed E-state index contributed by atoms with van der Waals surface area (Å²) in [5.41, 5.74) is 5.09. The highest BCUT2D eigenvalue weighted by molar-refractivity contribution is 7.84. The summed E-state index contributed by atoms with van der Waals surface area (Å²) in [7, 11) is 0. The van der Waals surface area contributed by atoms with Crippen LogP contribution in [0.4, 0.5) is 0 Å². The lowest BCUT2D eigenvalue weighted by Crippen LogP contribution is -1.84. The molecule has 0 aromatic heterocycles. The van der Waals surface area contributed by atoms with Crippen LogP contribution in [-0.2, 0) is 0 Å². The van der Waals surface area contributed by atoms with Gasteiger partial charge in [0.05, 0.1) is 11.2 Å². The molecule has 0 atom stereocenters. The Balaban J connectivity index is 3.46. The minimum absolute atomic E-state index is 0.429. The number of thiol groups is 1. The first-order valence-electron chi connectivity index (χ1n) is 1.89. The van der Waals surface area contributed by atoms with Crippen molar-refractivity contribution in [3.8, 4) is 0 Å². The normalized spacial score (nSPS) is 13.1. The fourth-order valence-electron chi connectivity index (χ4n) is 0.151. The summed E-state index contributed by atoms with van der Waals surface area (Å²) in [6.45, 7) is 1.81. The molecule has 0 aliphatic rings. The van der Waals surface area contributed by atoms with E-state index in [9.17, 15) is 0 Å². The van der Waals surface area contributed by atoms with E-state index in [0.29, 0.717) is 5.03 Å². The van der Waals surface area contributed by atoms with E-state index in [-0.39, 0.29) is 0 Å². The van der Waals surface area contributed by atoms with E-state index in [0.717, 1.165) is 0 Å². The molecule has 2 nitrogen and oxygen atoms in total. The van der Waals surface area contributed by atoms with E-state index in [2.05, 4.69) is 17.6 Å². The van der Waals surface area contributed by atoms with Gasteiger partial charge in [-0.3, -0.25) is 4.99 Å². The second kappa shape index (κ2) is 3.74. The van der Waals surface area contributed by atoms with E-state index in [1.54, 1.807) is 6.21 Å². The monoisotopic (exact) mass is 116 g/mol. The van der Waals surface area contributed by atoms with Crippen LogP contribution in [0.1, 0.15) is 6.92 Å². The lowest BCUT2D eigenvalue weighted by Gasteiger charge is -1.78. The van der Waals surface area contributed by atoms with Gasteiger partial charge in [0.1, 0.15) is 0 Å². The smallest absolute Gasteiger partial charge is 0.0810 e. The fourth-order valence-corrected chi connectivity index (χ4v) is 0.218. The van der Waals surface area contributed by atoms with Gasteiger partial charge in [-0.1, -0.05) is 0 Å². The van der Waals surface area contributed by atoms with Crippen LogP contribution in [0.5, 0.6) is 0 Å². The van der Waals surface area contributed by atoms with Gasteiger partial charge in [-0.2, -0.15) is 0 Å². The van der Waals surface area contributed by atoms with E-state index in [4.69, 9.17) is 5.73 Å². The lowest BCUT2D eigenvalue weighted by atomic mass is 10.8. The highest BCUT2D eigenvalue weighted by Gasteiger charge is 1.67. The molecule has 0 saturated carbocycles. The Morgan fingerprint density at radius 3 is 2.57 bits per heavy atom. The Morgan fingerprint density at radius 1 is 1.86 bits per heavy atom. The lowest BCUT2D eigenvalue weighted by molar-refractivity contribution is 1.46. The minimum atomic E-state index is 0.429. The summed E-state index contributed by atoms with van der Waals surface area (Å²) < 4.78 is 0. The zero-order chi connectivity index (χ0) is 5.70. The Bertz CT molecular complexity index is 91.9. The molecule has 7 heavy (non-hydrogen) atoms. The van der Waals surface area contributed by atoms with Crippen LogP contribution >= 0.6 is 12.6 Å². The largest absolute Gasteiger partial charge is 0.392 e. The van der Waals surface area contributed by atoms with E-state index in [1.807, 2.05) is 6.92 Å². The summed E-state index contributed by atoms with van der Waals surface area (Å²) >= 11 is 3.76. The van der Waals surface area contributed by atoms with Crippen LogP contribution in [-0.4, -0.2) is 6.21 Å². The van der Waals surface area contributed by atoms with Gasteiger partial charge >= 0.3 is 0 Å². The molecule has 0 fully saturated rings. The molecule has 3 heteroatoms. The van der Waals surface area contributed by atoms with Gasteiger partial charge in [-0.05, 0) is 6.92 Å². The molecular formula is C4H8N2S. The average Bonchev–Trinajstić information content (AvgIpc) is 1.61. The number of nitrogens with zero attached hydrogens (tertiary/aromatic N) is 1. The van der Waals surface area contributed by atoms with E-state index in [1.165, 1.54) is 6.20 Å². The standard InChI is InChI=1S/C4H8N2S/c1-2-6-3-4(5)7/h2-3,7H,5H2,1H3/b4-3-,6-2-. The molecule has 40 valence electrons. The number of nitrogens with two attached hydrogens (primary N) is 1. The quantitative estimate of drug-likeness (QED) is 0.385. The molecular weight excluding hydrogens is 108 g/mol. The number of aliphatic imine (C=N–C) groups is 1. The van der Waals surface area contributed by atoms with Crippen LogP contribution < -0.4 is 5.73 Å². The third-order valence-electron chi connectivity index (χ3n) is 0.356. The van der Waals surface area contributed by atoms with Gasteiger partial charge in [0, 0.05) is 6.21 Å². The van der Waals surface area contributed by atoms with Gasteiger partial charge in [0.25, 0.3) is 0 Å². The maximum atomic E-state index is 5.09. The maximum Gasteiger partial charge on any atom is 0.0810 e. The van der Waals surface area contributed by atoms with Crippen molar-refractivity contribution in [1.82, 2.24) is 0 Å². The molecule has 0 amide bonds. The first-order valence-corrected chi connectivity index (χ1v) is 2.34. The molecule has 0 radical (unpaired) electrons. The fraction of sp³-hybridized carbons (Fsp3) is 0.250. The zero-order valence-electron chi connectivity index (χ0n) is 4.13. The predicted octanol–water partition coefficient (Wildman–Crippen LogP) is 0.764. The molecule has 0 heterocycles. The van der Waals surface area contributed by atoms with E-state index >= 15 is 0 Å². The molecule has 0 aliphatic heterocycles. The average molecular weight is 116 g/mol. The number of hydrogen-bond acceptors (Lipinski definition) is 3. The highest BCUT2D eigenvalue weighted by Crippen LogP contribution is 1.86. The van der Waals surface area contributed by atoms with Crippen LogP contribution in [0.25, 0.3) is 0 Å². The molecule has 0 aromatic rings. The van der Waals surface area contributed by atoms with Crippen molar-refractivity contribution in [2.45, 2.75) is 6.92 Å². The summed E-state index contributed by atoms with van der Waals surface area (Å²) in [4.78, 5) is 3.68. The molecule has 0 aliphatic carbocycles. The van der Waals surface area contributed by atoms with Gasteiger partial charge < -0.3 is 5.73 Å². The van der Waals surface area contributed by atoms with Gasteiger partial charge in [0.15, 0.2) is 0 Å². The summed E-state index contributed by atoms with van der Waals surface area (Å²) in [5.74, 6) is 0. The van der Waals surface area contributed by atoms with Crippen molar-refractivity contribution in [3.05, 3.63) is 11.2 Å². The van der Waals surface area contributed by atoms with Crippen molar-refractivity contribution < 1.29 is 0 Å². The van der Waals surface area contributed by atoms with Crippen LogP contribution in [0.2, 0.25) is 0 Å². The molecule has 0 bridgehead atoms. The second-order valence-corrected chi connectivity index (χ2v) is 1.48. The summed E-state index contributed by atoms with van der Waals surface area (Å²) in [6.07, 6.45) is 3.12. The highest BCUT2D eigenvalue weighted by atomic mass is 32.1. The summed E-state index contributed by atoms with van der Waals surface area (Å²) in [5, 5.41) is 0.429. The summed E-state index contributed by atoms with van der Waals surface area (Å²) in [6, 6.07) is 0. The second-order valence-electron chi connectivity index (χ2n) is 0.961. The molecule has 0 aromatic carbocycles. The third-order valence-corrected chi connectivity index (χ3v) is 0.471. The molecule has 0 rings (SSSR count). The first kappa shape index (κ1) is 6.56. The zero-order valence-corrected chi connectivity index (χ0v) is 5.02. The Kier molecular flexibility index (Phi) is 3.50. The van der Waals surface area contributed by atoms with Crippen LogP contribution in [0.3, 0.4) is 0 Å². The molecule has 0 spiro atoms. The van der Waals surface area contributed by atoms with Crippen molar-refractivity contribution in [2.75, 3.05) is 0 Å². The van der Waals surface area contributed by atoms with Crippen LogP contribution in [0.15, 0.2) is 16.2 Å². The first-order chi connectivity index (χ1) is 3.27. The van der Waals surface area contributed by atoms with Crippen molar-refractivity contribution in [3.63, 3.8) is 0 Å². The number of hydrogen-bond donors (Lipinski definition) is 2. The van der Waals surface area contributed by atoms with Gasteiger partial charge in [-0.25, -0.2) is 0 Å². The molecule has 0 saturated heterocycles. The van der Waals surface area contributed by atoms with Crippen molar-refractivity contribution in [2.24, 2.45) is 10.7 Å². The maximum absolute atomic E-state index is 5.09. The van der Waals surface area contributed by atoms with E-state index < -0.39 is 0 Å². The van der Waals surface area contributed by atoms with Gasteiger partial charge in [-0.15, -0.1) is 12.6 Å². The third kappa shape index (κ3) is 5.56. The van der Waals surface area contributed by atoms with Crippen LogP contribution in [0, 0.1) is 0 Å². The van der Waals surface area contributed by atoms with Crippen molar-refractivity contribution in [1.29, 1.82) is 0 Å². The minimum Gasteiger partial charge on any atom is -0.392 e. The van der Waals surface area contributed by atoms with Gasteiger partial charge in [0.2, 0.25) is 0 Å². The number of rotatable bonds is 1. The SMILES string of the molecule is C/C=N\C=C(\N)S. The van der Waals surface area contributed by atoms with Crippen molar-refractivity contribution >= 4 is 18.8 Å². The topological polar surface area (TPSA) is 38.4 Å². The Morgan fingerprint density at radius 2 is 2.43 bits per heavy atom. The Labute approximate surface area is 48.5 Å². The molecule has 2 N–H and O–H groups in total. The Hall–Kier alpha value is -0.440.